The summed E-state index contributed by atoms with van der Waals surface area (Å²) in [6.45, 7) is 3.57. The van der Waals surface area contributed by atoms with Gasteiger partial charge in [0.15, 0.2) is 0 Å². The fraction of sp³-hybridized carbons (Fsp3) is 0.417. The number of hydrogen-bond donors (Lipinski definition) is 2. The zero-order valence-electron chi connectivity index (χ0n) is 10.2. The molecule has 0 aliphatic heterocycles. The highest BCUT2D eigenvalue weighted by atomic mass is 79.9. The van der Waals surface area contributed by atoms with Crippen LogP contribution in [0.25, 0.3) is 0 Å². The molecule has 1 aromatic heterocycles. The Hall–Kier alpha value is -1.43. The first-order valence-electron chi connectivity index (χ1n) is 5.46. The molecule has 0 aromatic carbocycles. The Morgan fingerprint density at radius 1 is 1.50 bits per heavy atom. The fourth-order valence-electron chi connectivity index (χ4n) is 1.25. The third-order valence-corrected chi connectivity index (χ3v) is 3.26. The van der Waals surface area contributed by atoms with Gasteiger partial charge in [-0.15, -0.1) is 0 Å². The van der Waals surface area contributed by atoms with Crippen molar-refractivity contribution in [1.82, 2.24) is 10.3 Å². The number of carboxylic acids is 1. The normalized spacial score (nSPS) is 11.1. The number of pyridine rings is 1. The first kappa shape index (κ1) is 14.6. The summed E-state index contributed by atoms with van der Waals surface area (Å²) < 4.78 is 0.611. The Labute approximate surface area is 114 Å². The van der Waals surface area contributed by atoms with Gasteiger partial charge >= 0.3 is 5.97 Å². The number of hydrogen-bond acceptors (Lipinski definition) is 3. The van der Waals surface area contributed by atoms with Crippen molar-refractivity contribution in [2.24, 2.45) is 5.41 Å². The maximum atomic E-state index is 11.8. The van der Waals surface area contributed by atoms with E-state index in [0.29, 0.717) is 23.0 Å². The summed E-state index contributed by atoms with van der Waals surface area (Å²) in [5.74, 6) is -1.12. The van der Waals surface area contributed by atoms with Gasteiger partial charge in [-0.25, -0.2) is 0 Å². The Bertz CT molecular complexity index is 460. The molecule has 1 heterocycles. The quantitative estimate of drug-likeness (QED) is 0.872. The molecule has 0 spiro atoms. The van der Waals surface area contributed by atoms with Gasteiger partial charge in [-0.3, -0.25) is 14.6 Å². The van der Waals surface area contributed by atoms with Crippen LogP contribution in [0.4, 0.5) is 0 Å². The Kier molecular flexibility index (Phi) is 4.84. The van der Waals surface area contributed by atoms with Gasteiger partial charge in [0.1, 0.15) is 0 Å². The Balaban J connectivity index is 2.53. The third-order valence-electron chi connectivity index (χ3n) is 2.63. The number of aromatic nitrogens is 1. The lowest BCUT2D eigenvalue weighted by Crippen LogP contribution is -2.32. The number of carbonyl (C=O) groups is 2. The maximum Gasteiger partial charge on any atom is 0.309 e. The summed E-state index contributed by atoms with van der Waals surface area (Å²) in [5, 5.41) is 11.6. The van der Waals surface area contributed by atoms with E-state index in [1.165, 1.54) is 12.4 Å². The van der Waals surface area contributed by atoms with E-state index in [1.54, 1.807) is 19.9 Å². The molecule has 0 aliphatic rings. The molecule has 1 aromatic rings. The summed E-state index contributed by atoms with van der Waals surface area (Å²) in [7, 11) is 0. The van der Waals surface area contributed by atoms with Crippen LogP contribution in [0.15, 0.2) is 22.9 Å². The predicted octanol–water partition coefficient (Wildman–Crippen LogP) is 2.07. The van der Waals surface area contributed by atoms with Crippen molar-refractivity contribution in [3.8, 4) is 0 Å². The second-order valence-corrected chi connectivity index (χ2v) is 5.40. The number of amides is 1. The van der Waals surface area contributed by atoms with Gasteiger partial charge in [-0.1, -0.05) is 0 Å². The van der Waals surface area contributed by atoms with Crippen molar-refractivity contribution in [2.45, 2.75) is 20.3 Å². The van der Waals surface area contributed by atoms with E-state index >= 15 is 0 Å². The molecule has 0 unspecified atom stereocenters. The van der Waals surface area contributed by atoms with Crippen molar-refractivity contribution in [3.63, 3.8) is 0 Å². The molecule has 0 saturated carbocycles. The first-order chi connectivity index (χ1) is 8.34. The highest BCUT2D eigenvalue weighted by Crippen LogP contribution is 2.19. The van der Waals surface area contributed by atoms with Crippen LogP contribution in [0.5, 0.6) is 0 Å². The SMILES string of the molecule is CC(C)(CCNC(=O)c1ccncc1Br)C(=O)O. The number of nitrogens with one attached hydrogen (secondary N) is 1. The zero-order valence-corrected chi connectivity index (χ0v) is 11.8. The maximum absolute atomic E-state index is 11.8. The third kappa shape index (κ3) is 3.80. The summed E-state index contributed by atoms with van der Waals surface area (Å²) in [6.07, 6.45) is 3.44. The second-order valence-electron chi connectivity index (χ2n) is 4.55. The van der Waals surface area contributed by atoms with Gasteiger partial charge in [0.05, 0.1) is 11.0 Å². The Morgan fingerprint density at radius 3 is 2.72 bits per heavy atom. The minimum Gasteiger partial charge on any atom is -0.481 e. The van der Waals surface area contributed by atoms with Gasteiger partial charge in [0.2, 0.25) is 0 Å². The van der Waals surface area contributed by atoms with Crippen LogP contribution >= 0.6 is 15.9 Å². The smallest absolute Gasteiger partial charge is 0.309 e. The molecule has 1 amide bonds. The van der Waals surface area contributed by atoms with Crippen LogP contribution in [-0.2, 0) is 4.79 Å². The van der Waals surface area contributed by atoms with Gasteiger partial charge in [0.25, 0.3) is 5.91 Å². The highest BCUT2D eigenvalue weighted by Gasteiger charge is 2.26. The minimum absolute atomic E-state index is 0.245. The van der Waals surface area contributed by atoms with Crippen LogP contribution in [0, 0.1) is 5.41 Å². The molecule has 0 aliphatic carbocycles. The lowest BCUT2D eigenvalue weighted by molar-refractivity contribution is -0.147. The lowest BCUT2D eigenvalue weighted by Gasteiger charge is -2.18. The largest absolute Gasteiger partial charge is 0.481 e. The van der Waals surface area contributed by atoms with Crippen molar-refractivity contribution in [1.29, 1.82) is 0 Å². The van der Waals surface area contributed by atoms with Crippen LogP contribution < -0.4 is 5.32 Å². The molecule has 1 rings (SSSR count). The molecule has 2 N–H and O–H groups in total. The predicted molar refractivity (Wildman–Crippen MR) is 70.3 cm³/mol. The molecule has 0 fully saturated rings. The molecule has 6 heteroatoms. The summed E-state index contributed by atoms with van der Waals surface area (Å²) in [4.78, 5) is 26.6. The molecule has 98 valence electrons. The average molecular weight is 315 g/mol. The molecule has 0 radical (unpaired) electrons. The Morgan fingerprint density at radius 2 is 2.17 bits per heavy atom. The van der Waals surface area contributed by atoms with Crippen molar-refractivity contribution in [2.75, 3.05) is 6.54 Å². The average Bonchev–Trinajstić information content (AvgIpc) is 2.29. The standard InChI is InChI=1S/C12H15BrN2O3/c1-12(2,11(17)18)4-6-15-10(16)8-3-5-14-7-9(8)13/h3,5,7H,4,6H2,1-2H3,(H,15,16)(H,17,18). The number of nitrogens with zero attached hydrogens (tertiary/aromatic N) is 1. The molecule has 5 nitrogen and oxygen atoms in total. The van der Waals surface area contributed by atoms with E-state index in [9.17, 15) is 9.59 Å². The van der Waals surface area contributed by atoms with Crippen molar-refractivity contribution >= 4 is 27.8 Å². The summed E-state index contributed by atoms with van der Waals surface area (Å²) >= 11 is 3.23. The molecular weight excluding hydrogens is 300 g/mol. The van der Waals surface area contributed by atoms with Crippen LogP contribution in [-0.4, -0.2) is 28.5 Å². The number of carboxylic acid groups (broad SMARTS) is 1. The van der Waals surface area contributed by atoms with Gasteiger partial charge in [-0.05, 0) is 42.3 Å². The van der Waals surface area contributed by atoms with E-state index in [2.05, 4.69) is 26.2 Å². The van der Waals surface area contributed by atoms with E-state index < -0.39 is 11.4 Å². The molecule has 18 heavy (non-hydrogen) atoms. The first-order valence-corrected chi connectivity index (χ1v) is 6.25. The summed E-state index contributed by atoms with van der Waals surface area (Å²) in [5.41, 5.74) is -0.360. The van der Waals surface area contributed by atoms with Crippen LogP contribution in [0.1, 0.15) is 30.6 Å². The topological polar surface area (TPSA) is 79.3 Å². The number of aliphatic carboxylic acids is 1. The molecular formula is C12H15BrN2O3. The lowest BCUT2D eigenvalue weighted by atomic mass is 9.90. The van der Waals surface area contributed by atoms with E-state index in [1.807, 2.05) is 0 Å². The van der Waals surface area contributed by atoms with Gasteiger partial charge in [0, 0.05) is 23.4 Å². The fourth-order valence-corrected chi connectivity index (χ4v) is 1.68. The highest BCUT2D eigenvalue weighted by molar-refractivity contribution is 9.10. The van der Waals surface area contributed by atoms with Crippen molar-refractivity contribution < 1.29 is 14.7 Å². The molecule has 0 atom stereocenters. The number of rotatable bonds is 5. The minimum atomic E-state index is -0.873. The van der Waals surface area contributed by atoms with Gasteiger partial charge < -0.3 is 10.4 Å². The number of carbonyl (C=O) groups excluding carboxylic acids is 1. The van der Waals surface area contributed by atoms with Crippen LogP contribution in [0.2, 0.25) is 0 Å². The monoisotopic (exact) mass is 314 g/mol. The number of halogens is 1. The zero-order chi connectivity index (χ0) is 13.8. The summed E-state index contributed by atoms with van der Waals surface area (Å²) in [6, 6.07) is 1.60. The van der Waals surface area contributed by atoms with Crippen molar-refractivity contribution in [3.05, 3.63) is 28.5 Å². The molecule has 0 saturated heterocycles. The van der Waals surface area contributed by atoms with E-state index in [-0.39, 0.29) is 5.91 Å². The second kappa shape index (κ2) is 5.95. The van der Waals surface area contributed by atoms with E-state index in [0.717, 1.165) is 0 Å². The van der Waals surface area contributed by atoms with Gasteiger partial charge in [-0.2, -0.15) is 0 Å². The van der Waals surface area contributed by atoms with E-state index in [4.69, 9.17) is 5.11 Å². The van der Waals surface area contributed by atoms with Crippen LogP contribution in [0.3, 0.4) is 0 Å². The molecule has 0 bridgehead atoms.